The minimum Gasteiger partial charge on any atom is -0.295 e. The average Bonchev–Trinajstić information content (AvgIpc) is 2.91. The van der Waals surface area contributed by atoms with Gasteiger partial charge in [-0.3, -0.25) is 9.38 Å². The van der Waals surface area contributed by atoms with Crippen molar-refractivity contribution in [2.45, 2.75) is 26.7 Å². The van der Waals surface area contributed by atoms with Crippen molar-refractivity contribution in [2.24, 2.45) is 0 Å². The number of aromatic nitrogens is 5. The Bertz CT molecular complexity index is 717. The predicted molar refractivity (Wildman–Crippen MR) is 72.8 cm³/mol. The van der Waals surface area contributed by atoms with Gasteiger partial charge in [0.05, 0.1) is 23.3 Å². The summed E-state index contributed by atoms with van der Waals surface area (Å²) < 4.78 is 2.04. The minimum absolute atomic E-state index is 0.826. The predicted octanol–water partition coefficient (Wildman–Crippen LogP) is 2.31. The summed E-state index contributed by atoms with van der Waals surface area (Å²) in [6, 6.07) is 1.91. The van der Waals surface area contributed by atoms with Gasteiger partial charge in [-0.2, -0.15) is 0 Å². The first-order valence-corrected chi connectivity index (χ1v) is 6.46. The van der Waals surface area contributed by atoms with Crippen LogP contribution in [0, 0.1) is 0 Å². The van der Waals surface area contributed by atoms with Crippen molar-refractivity contribution in [1.29, 1.82) is 0 Å². The number of aryl methyl sites for hydroxylation is 2. The van der Waals surface area contributed by atoms with Crippen LogP contribution in [0.2, 0.25) is 0 Å². The summed E-state index contributed by atoms with van der Waals surface area (Å²) in [4.78, 5) is 17.6. The smallest absolute Gasteiger partial charge is 0.159 e. The zero-order valence-electron chi connectivity index (χ0n) is 11.0. The normalized spacial score (nSPS) is 11.1. The molecule has 5 heteroatoms. The van der Waals surface area contributed by atoms with Gasteiger partial charge in [-0.15, -0.1) is 0 Å². The van der Waals surface area contributed by atoms with E-state index in [0.717, 1.165) is 41.4 Å². The van der Waals surface area contributed by atoms with Gasteiger partial charge in [-0.1, -0.05) is 13.8 Å². The quantitative estimate of drug-likeness (QED) is 0.718. The Morgan fingerprint density at radius 3 is 2.74 bits per heavy atom. The third kappa shape index (κ3) is 1.97. The Kier molecular flexibility index (Phi) is 2.95. The maximum absolute atomic E-state index is 4.55. The second kappa shape index (κ2) is 4.76. The first-order valence-electron chi connectivity index (χ1n) is 6.46. The van der Waals surface area contributed by atoms with E-state index in [4.69, 9.17) is 0 Å². The number of rotatable bonds is 3. The highest BCUT2D eigenvalue weighted by Crippen LogP contribution is 2.19. The third-order valence-electron chi connectivity index (χ3n) is 3.12. The highest BCUT2D eigenvalue weighted by Gasteiger charge is 2.10. The topological polar surface area (TPSA) is 56.0 Å². The Morgan fingerprint density at radius 2 is 1.95 bits per heavy atom. The minimum atomic E-state index is 0.826. The maximum atomic E-state index is 4.55. The van der Waals surface area contributed by atoms with Crippen LogP contribution in [0.3, 0.4) is 0 Å². The van der Waals surface area contributed by atoms with Crippen LogP contribution in [-0.2, 0) is 12.8 Å². The molecule has 0 radical (unpaired) electrons. The zero-order valence-corrected chi connectivity index (χ0v) is 11.0. The molecule has 0 bridgehead atoms. The Morgan fingerprint density at radius 1 is 1.05 bits per heavy atom. The molecule has 0 N–H and O–H groups in total. The van der Waals surface area contributed by atoms with Gasteiger partial charge in [0.15, 0.2) is 5.65 Å². The highest BCUT2D eigenvalue weighted by molar-refractivity contribution is 5.60. The van der Waals surface area contributed by atoms with E-state index in [0.29, 0.717) is 0 Å². The van der Waals surface area contributed by atoms with Crippen molar-refractivity contribution < 1.29 is 0 Å². The second-order valence-electron chi connectivity index (χ2n) is 4.28. The fourth-order valence-corrected chi connectivity index (χ4v) is 2.12. The van der Waals surface area contributed by atoms with Gasteiger partial charge in [0.25, 0.3) is 0 Å². The molecule has 0 amide bonds. The van der Waals surface area contributed by atoms with Crippen LogP contribution in [0.1, 0.15) is 25.4 Å². The van der Waals surface area contributed by atoms with Gasteiger partial charge in [0.1, 0.15) is 5.82 Å². The standard InChI is InChI=1S/C14H15N5/c1-3-10-14-17-9-12(19(14)8-7-15-10)11-5-6-16-13(4-2)18-11/h5-9H,3-4H2,1-2H3. The first-order chi connectivity index (χ1) is 9.33. The van der Waals surface area contributed by atoms with Gasteiger partial charge < -0.3 is 0 Å². The van der Waals surface area contributed by atoms with Gasteiger partial charge in [0, 0.05) is 25.0 Å². The van der Waals surface area contributed by atoms with E-state index in [1.807, 2.05) is 29.8 Å². The van der Waals surface area contributed by atoms with E-state index in [9.17, 15) is 0 Å². The number of nitrogens with zero attached hydrogens (tertiary/aromatic N) is 5. The highest BCUT2D eigenvalue weighted by atomic mass is 15.0. The molecule has 0 aliphatic heterocycles. The van der Waals surface area contributed by atoms with Crippen LogP contribution in [0.4, 0.5) is 0 Å². The summed E-state index contributed by atoms with van der Waals surface area (Å²) in [5.41, 5.74) is 3.77. The van der Waals surface area contributed by atoms with Crippen LogP contribution < -0.4 is 0 Å². The molecular formula is C14H15N5. The van der Waals surface area contributed by atoms with Crippen molar-refractivity contribution in [1.82, 2.24) is 24.3 Å². The van der Waals surface area contributed by atoms with E-state index >= 15 is 0 Å². The average molecular weight is 253 g/mol. The van der Waals surface area contributed by atoms with Gasteiger partial charge in [0.2, 0.25) is 0 Å². The van der Waals surface area contributed by atoms with E-state index in [1.165, 1.54) is 0 Å². The lowest BCUT2D eigenvalue weighted by Gasteiger charge is -2.04. The van der Waals surface area contributed by atoms with Gasteiger partial charge >= 0.3 is 0 Å². The molecule has 19 heavy (non-hydrogen) atoms. The van der Waals surface area contributed by atoms with Gasteiger partial charge in [-0.25, -0.2) is 15.0 Å². The van der Waals surface area contributed by atoms with E-state index in [-0.39, 0.29) is 0 Å². The van der Waals surface area contributed by atoms with Crippen molar-refractivity contribution in [3.63, 3.8) is 0 Å². The zero-order chi connectivity index (χ0) is 13.2. The Balaban J connectivity index is 2.20. The number of imidazole rings is 1. The molecular weight excluding hydrogens is 238 g/mol. The number of fused-ring (bicyclic) bond motifs is 1. The lowest BCUT2D eigenvalue weighted by molar-refractivity contribution is 0.936. The lowest BCUT2D eigenvalue weighted by Crippen LogP contribution is -1.98. The lowest BCUT2D eigenvalue weighted by atomic mass is 10.3. The SMILES string of the molecule is CCc1nccc(-c2cnc3c(CC)nccn23)n1. The van der Waals surface area contributed by atoms with Crippen molar-refractivity contribution in [3.8, 4) is 11.4 Å². The molecule has 0 atom stereocenters. The fraction of sp³-hybridized carbons (Fsp3) is 0.286. The summed E-state index contributed by atoms with van der Waals surface area (Å²) in [5, 5.41) is 0. The van der Waals surface area contributed by atoms with Crippen LogP contribution >= 0.6 is 0 Å². The molecule has 3 aromatic rings. The molecule has 0 aromatic carbocycles. The maximum Gasteiger partial charge on any atom is 0.159 e. The second-order valence-corrected chi connectivity index (χ2v) is 4.28. The van der Waals surface area contributed by atoms with Crippen LogP contribution in [0.15, 0.2) is 30.9 Å². The molecule has 5 nitrogen and oxygen atoms in total. The van der Waals surface area contributed by atoms with Crippen LogP contribution in [0.5, 0.6) is 0 Å². The molecule has 0 aliphatic rings. The molecule has 0 fully saturated rings. The van der Waals surface area contributed by atoms with E-state index in [2.05, 4.69) is 26.9 Å². The molecule has 0 saturated carbocycles. The molecule has 96 valence electrons. The molecule has 0 saturated heterocycles. The van der Waals surface area contributed by atoms with Crippen LogP contribution in [-0.4, -0.2) is 24.3 Å². The number of hydrogen-bond acceptors (Lipinski definition) is 4. The molecule has 0 spiro atoms. The largest absolute Gasteiger partial charge is 0.295 e. The molecule has 3 aromatic heterocycles. The number of hydrogen-bond donors (Lipinski definition) is 0. The summed E-state index contributed by atoms with van der Waals surface area (Å²) in [6.45, 7) is 4.13. The molecule has 3 heterocycles. The monoisotopic (exact) mass is 253 g/mol. The van der Waals surface area contributed by atoms with E-state index in [1.54, 1.807) is 12.4 Å². The summed E-state index contributed by atoms with van der Waals surface area (Å²) >= 11 is 0. The summed E-state index contributed by atoms with van der Waals surface area (Å²) in [6.07, 6.45) is 9.06. The molecule has 0 unspecified atom stereocenters. The third-order valence-corrected chi connectivity index (χ3v) is 3.12. The fourth-order valence-electron chi connectivity index (χ4n) is 2.12. The van der Waals surface area contributed by atoms with Crippen molar-refractivity contribution in [2.75, 3.05) is 0 Å². The van der Waals surface area contributed by atoms with Gasteiger partial charge in [-0.05, 0) is 12.5 Å². The van der Waals surface area contributed by atoms with E-state index < -0.39 is 0 Å². The summed E-state index contributed by atoms with van der Waals surface area (Å²) in [5.74, 6) is 0.845. The van der Waals surface area contributed by atoms with Crippen molar-refractivity contribution in [3.05, 3.63) is 42.4 Å². The first kappa shape index (κ1) is 11.8. The van der Waals surface area contributed by atoms with Crippen LogP contribution in [0.25, 0.3) is 17.0 Å². The Labute approximate surface area is 111 Å². The summed E-state index contributed by atoms with van der Waals surface area (Å²) in [7, 11) is 0. The van der Waals surface area contributed by atoms with Crippen molar-refractivity contribution >= 4 is 5.65 Å². The Hall–Kier alpha value is -2.30. The molecule has 0 aliphatic carbocycles. The molecule has 3 rings (SSSR count).